The van der Waals surface area contributed by atoms with Crippen LogP contribution in [0.1, 0.15) is 33.3 Å². The third kappa shape index (κ3) is 3.42. The highest BCUT2D eigenvalue weighted by Gasteiger charge is 2.52. The van der Waals surface area contributed by atoms with E-state index < -0.39 is 49.1 Å². The van der Waals surface area contributed by atoms with Crippen molar-refractivity contribution >= 4 is 18.5 Å². The third-order valence-electron chi connectivity index (χ3n) is 5.12. The third-order valence-corrected chi connectivity index (χ3v) is 5.12. The molecule has 0 radical (unpaired) electrons. The second-order valence-electron chi connectivity index (χ2n) is 7.73. The van der Waals surface area contributed by atoms with E-state index in [0.717, 1.165) is 4.90 Å². The number of hydrogen-bond donors (Lipinski definition) is 0. The molecule has 1 aromatic carbocycles. The Hall–Kier alpha value is -1.54. The molecule has 4 nitrogen and oxygen atoms in total. The lowest BCUT2D eigenvalue weighted by Gasteiger charge is -2.38. The molecule has 0 atom stereocenters. The molecule has 0 bridgehead atoms. The minimum Gasteiger partial charge on any atom is -0.399 e. The van der Waals surface area contributed by atoms with Gasteiger partial charge < -0.3 is 14.2 Å². The Balaban J connectivity index is 1.75. The van der Waals surface area contributed by atoms with Gasteiger partial charge in [0.1, 0.15) is 5.82 Å². The summed E-state index contributed by atoms with van der Waals surface area (Å²) < 4.78 is 51.7. The van der Waals surface area contributed by atoms with E-state index in [1.165, 1.54) is 18.2 Å². The molecule has 2 aliphatic rings. The van der Waals surface area contributed by atoms with Crippen LogP contribution >= 0.6 is 0 Å². The van der Waals surface area contributed by atoms with Gasteiger partial charge in [-0.05, 0) is 39.3 Å². The molecule has 0 unspecified atom stereocenters. The topological polar surface area (TPSA) is 38.8 Å². The van der Waals surface area contributed by atoms with Crippen molar-refractivity contribution in [3.05, 3.63) is 29.6 Å². The summed E-state index contributed by atoms with van der Waals surface area (Å²) in [5.41, 5.74) is -0.484. The summed E-state index contributed by atoms with van der Waals surface area (Å²) in [6.07, 6.45) is -0.0666. The SMILES string of the molecule is CC1(C)OB(c2cc(CC(=O)N3CC(F)(F)C3)ccc2F)OC1(C)C. The zero-order valence-corrected chi connectivity index (χ0v) is 14.7. The molecule has 2 fully saturated rings. The largest absolute Gasteiger partial charge is 0.497 e. The quantitative estimate of drug-likeness (QED) is 0.780. The van der Waals surface area contributed by atoms with Gasteiger partial charge in [-0.3, -0.25) is 4.79 Å². The first kappa shape index (κ1) is 18.3. The lowest BCUT2D eigenvalue weighted by molar-refractivity contribution is -0.165. The fourth-order valence-electron chi connectivity index (χ4n) is 2.83. The summed E-state index contributed by atoms with van der Waals surface area (Å²) in [6, 6.07) is 4.22. The Kier molecular flexibility index (Phi) is 4.19. The molecular formula is C17H21BF3NO3. The molecule has 0 aromatic heterocycles. The highest BCUT2D eigenvalue weighted by atomic mass is 19.3. The molecule has 0 saturated carbocycles. The molecule has 3 rings (SSSR count). The van der Waals surface area contributed by atoms with Gasteiger partial charge in [-0.2, -0.15) is 0 Å². The number of likely N-dealkylation sites (tertiary alicyclic amines) is 1. The summed E-state index contributed by atoms with van der Waals surface area (Å²) >= 11 is 0. The number of rotatable bonds is 3. The predicted octanol–water partition coefficient (Wildman–Crippen LogP) is 2.14. The van der Waals surface area contributed by atoms with E-state index in [1.807, 2.05) is 27.7 Å². The molecule has 0 spiro atoms. The monoisotopic (exact) mass is 355 g/mol. The molecule has 0 N–H and O–H groups in total. The minimum atomic E-state index is -2.80. The van der Waals surface area contributed by atoms with Gasteiger partial charge in [-0.25, -0.2) is 13.2 Å². The Labute approximate surface area is 145 Å². The van der Waals surface area contributed by atoms with Crippen LogP contribution in [-0.2, 0) is 20.5 Å². The van der Waals surface area contributed by atoms with E-state index in [2.05, 4.69) is 0 Å². The number of carbonyl (C=O) groups excluding carboxylic acids is 1. The first-order valence-electron chi connectivity index (χ1n) is 8.20. The first-order valence-corrected chi connectivity index (χ1v) is 8.20. The second kappa shape index (κ2) is 5.74. The highest BCUT2D eigenvalue weighted by molar-refractivity contribution is 6.62. The Morgan fingerprint density at radius 3 is 2.24 bits per heavy atom. The molecular weight excluding hydrogens is 334 g/mol. The minimum absolute atomic E-state index is 0.0666. The number of carbonyl (C=O) groups is 1. The standard InChI is InChI=1S/C17H21BF3NO3/c1-15(2)16(3,4)25-18(24-15)12-7-11(5-6-13(12)19)8-14(23)22-9-17(20,21)10-22/h5-7H,8-10H2,1-4H3. The maximum absolute atomic E-state index is 14.2. The molecule has 2 aliphatic heterocycles. The molecule has 2 saturated heterocycles. The van der Waals surface area contributed by atoms with Crippen molar-refractivity contribution in [2.24, 2.45) is 0 Å². The van der Waals surface area contributed by atoms with Crippen molar-refractivity contribution in [2.45, 2.75) is 51.2 Å². The maximum atomic E-state index is 14.2. The van der Waals surface area contributed by atoms with Gasteiger partial charge in [0.2, 0.25) is 5.91 Å². The fourth-order valence-corrected chi connectivity index (χ4v) is 2.83. The normalized spacial score (nSPS) is 23.5. The van der Waals surface area contributed by atoms with E-state index in [-0.39, 0.29) is 11.9 Å². The molecule has 1 amide bonds. The zero-order chi connectivity index (χ0) is 18.6. The molecule has 136 valence electrons. The van der Waals surface area contributed by atoms with Crippen molar-refractivity contribution in [1.29, 1.82) is 0 Å². The van der Waals surface area contributed by atoms with Gasteiger partial charge in [0.05, 0.1) is 30.7 Å². The van der Waals surface area contributed by atoms with Crippen LogP contribution in [0.4, 0.5) is 13.2 Å². The summed E-state index contributed by atoms with van der Waals surface area (Å²) in [5.74, 6) is -3.70. The molecule has 8 heteroatoms. The van der Waals surface area contributed by atoms with Gasteiger partial charge in [-0.15, -0.1) is 0 Å². The van der Waals surface area contributed by atoms with Crippen LogP contribution in [0.5, 0.6) is 0 Å². The summed E-state index contributed by atoms with van der Waals surface area (Å²) in [4.78, 5) is 13.1. The fraction of sp³-hybridized carbons (Fsp3) is 0.588. The van der Waals surface area contributed by atoms with Crippen LogP contribution < -0.4 is 5.46 Å². The zero-order valence-electron chi connectivity index (χ0n) is 14.7. The second-order valence-corrected chi connectivity index (χ2v) is 7.73. The van der Waals surface area contributed by atoms with Crippen LogP contribution in [0, 0.1) is 5.82 Å². The smallest absolute Gasteiger partial charge is 0.399 e. The lowest BCUT2D eigenvalue weighted by Crippen LogP contribution is -2.58. The number of amides is 1. The Morgan fingerprint density at radius 2 is 1.72 bits per heavy atom. The van der Waals surface area contributed by atoms with Crippen molar-refractivity contribution in [3.63, 3.8) is 0 Å². The van der Waals surface area contributed by atoms with Crippen LogP contribution in [0.15, 0.2) is 18.2 Å². The Morgan fingerprint density at radius 1 is 1.16 bits per heavy atom. The van der Waals surface area contributed by atoms with Crippen molar-refractivity contribution in [3.8, 4) is 0 Å². The van der Waals surface area contributed by atoms with Crippen LogP contribution in [-0.4, -0.2) is 48.1 Å². The molecule has 2 heterocycles. The van der Waals surface area contributed by atoms with Crippen LogP contribution in [0.3, 0.4) is 0 Å². The molecule has 0 aliphatic carbocycles. The molecule has 1 aromatic rings. The number of hydrogen-bond acceptors (Lipinski definition) is 3. The van der Waals surface area contributed by atoms with E-state index in [1.54, 1.807) is 0 Å². The average molecular weight is 355 g/mol. The lowest BCUT2D eigenvalue weighted by atomic mass is 9.77. The van der Waals surface area contributed by atoms with Crippen molar-refractivity contribution in [2.75, 3.05) is 13.1 Å². The number of halogens is 3. The van der Waals surface area contributed by atoms with Crippen molar-refractivity contribution in [1.82, 2.24) is 4.90 Å². The summed E-state index contributed by atoms with van der Waals surface area (Å²) in [6.45, 7) is 6.34. The highest BCUT2D eigenvalue weighted by Crippen LogP contribution is 2.36. The van der Waals surface area contributed by atoms with E-state index in [9.17, 15) is 18.0 Å². The first-order chi connectivity index (χ1) is 11.4. The summed E-state index contributed by atoms with van der Waals surface area (Å²) in [7, 11) is -0.881. The van der Waals surface area contributed by atoms with Gasteiger partial charge in [0, 0.05) is 5.46 Å². The van der Waals surface area contributed by atoms with E-state index >= 15 is 0 Å². The number of nitrogens with zero attached hydrogens (tertiary/aromatic N) is 1. The molecule has 25 heavy (non-hydrogen) atoms. The maximum Gasteiger partial charge on any atom is 0.497 e. The average Bonchev–Trinajstić information content (AvgIpc) is 2.66. The summed E-state index contributed by atoms with van der Waals surface area (Å²) in [5, 5.41) is 0. The predicted molar refractivity (Wildman–Crippen MR) is 87.3 cm³/mol. The van der Waals surface area contributed by atoms with E-state index in [4.69, 9.17) is 9.31 Å². The number of alkyl halides is 2. The Bertz CT molecular complexity index is 684. The van der Waals surface area contributed by atoms with Gasteiger partial charge in [0.25, 0.3) is 5.92 Å². The van der Waals surface area contributed by atoms with Crippen molar-refractivity contribution < 1.29 is 27.3 Å². The van der Waals surface area contributed by atoms with Gasteiger partial charge in [0.15, 0.2) is 0 Å². The van der Waals surface area contributed by atoms with Gasteiger partial charge >= 0.3 is 7.12 Å². The van der Waals surface area contributed by atoms with Crippen LogP contribution in [0.25, 0.3) is 0 Å². The van der Waals surface area contributed by atoms with E-state index in [0.29, 0.717) is 5.56 Å². The number of benzene rings is 1. The van der Waals surface area contributed by atoms with Crippen LogP contribution in [0.2, 0.25) is 0 Å². The van der Waals surface area contributed by atoms with Gasteiger partial charge in [-0.1, -0.05) is 12.1 Å².